The molecule has 0 saturated carbocycles. The number of hydrogen-bond donors (Lipinski definition) is 1. The first-order chi connectivity index (χ1) is 18.1. The standard InChI is InChI=1S/C28H30FN5O4/c1-28(2,3)30-27(36)26(19-10-6-7-11-20(19)29)34(23-16-18(37-4)14-15-24(23)38-5)25(35)17-33-22-13-9-8-12-21(22)31-32-33/h6-16,26H,17H2,1-5H3,(H,30,36)/t26-/m0/s1. The van der Waals surface area contributed by atoms with Gasteiger partial charge >= 0.3 is 0 Å². The minimum atomic E-state index is -1.38. The van der Waals surface area contributed by atoms with E-state index in [1.165, 1.54) is 42.0 Å². The first kappa shape index (κ1) is 26.6. The van der Waals surface area contributed by atoms with Crippen molar-refractivity contribution in [1.29, 1.82) is 0 Å². The Labute approximate surface area is 220 Å². The number of halogens is 1. The van der Waals surface area contributed by atoms with Gasteiger partial charge in [0.25, 0.3) is 0 Å². The van der Waals surface area contributed by atoms with Gasteiger partial charge in [-0.25, -0.2) is 9.07 Å². The Morgan fingerprint density at radius 1 is 1.03 bits per heavy atom. The Balaban J connectivity index is 1.92. The number of hydrogen-bond acceptors (Lipinski definition) is 6. The minimum absolute atomic E-state index is 0.0240. The third kappa shape index (κ3) is 5.59. The number of rotatable bonds is 8. The Morgan fingerprint density at radius 3 is 2.42 bits per heavy atom. The molecule has 1 aromatic heterocycles. The van der Waals surface area contributed by atoms with Gasteiger partial charge in [0.15, 0.2) is 0 Å². The van der Waals surface area contributed by atoms with E-state index in [9.17, 15) is 9.59 Å². The number of fused-ring (bicyclic) bond motifs is 1. The van der Waals surface area contributed by atoms with Crippen molar-refractivity contribution in [3.63, 3.8) is 0 Å². The number of methoxy groups -OCH3 is 2. The molecule has 0 aliphatic rings. The second kappa shape index (κ2) is 10.9. The monoisotopic (exact) mass is 519 g/mol. The van der Waals surface area contributed by atoms with Crippen molar-refractivity contribution in [1.82, 2.24) is 20.3 Å². The number of carbonyl (C=O) groups is 2. The third-order valence-electron chi connectivity index (χ3n) is 5.82. The number of aromatic nitrogens is 3. The lowest BCUT2D eigenvalue weighted by Gasteiger charge is -2.34. The Kier molecular flexibility index (Phi) is 7.61. The highest BCUT2D eigenvalue weighted by molar-refractivity contribution is 6.03. The molecule has 0 aliphatic heterocycles. The highest BCUT2D eigenvalue weighted by Gasteiger charge is 2.37. The zero-order chi connectivity index (χ0) is 27.4. The van der Waals surface area contributed by atoms with Gasteiger partial charge < -0.3 is 14.8 Å². The predicted octanol–water partition coefficient (Wildman–Crippen LogP) is 4.28. The second-order valence-corrected chi connectivity index (χ2v) is 9.70. The average molecular weight is 520 g/mol. The molecule has 0 bridgehead atoms. The van der Waals surface area contributed by atoms with E-state index in [0.29, 0.717) is 22.5 Å². The molecule has 38 heavy (non-hydrogen) atoms. The molecule has 9 nitrogen and oxygen atoms in total. The van der Waals surface area contributed by atoms with E-state index < -0.39 is 29.2 Å². The lowest BCUT2D eigenvalue weighted by Crippen LogP contribution is -2.50. The molecular formula is C28H30FN5O4. The van der Waals surface area contributed by atoms with Crippen molar-refractivity contribution in [3.8, 4) is 11.5 Å². The van der Waals surface area contributed by atoms with Crippen LogP contribution in [0.25, 0.3) is 11.0 Å². The first-order valence-electron chi connectivity index (χ1n) is 12.0. The number of ether oxygens (including phenoxy) is 2. The maximum atomic E-state index is 15.3. The normalized spacial score (nSPS) is 12.2. The Hall–Kier alpha value is -4.47. The van der Waals surface area contributed by atoms with Gasteiger partial charge in [-0.05, 0) is 51.1 Å². The van der Waals surface area contributed by atoms with Crippen LogP contribution in [0.15, 0.2) is 66.7 Å². The first-order valence-corrected chi connectivity index (χ1v) is 12.0. The number of anilines is 1. The third-order valence-corrected chi connectivity index (χ3v) is 5.82. The van der Waals surface area contributed by atoms with E-state index in [4.69, 9.17) is 9.47 Å². The molecule has 4 aromatic rings. The van der Waals surface area contributed by atoms with Crippen molar-refractivity contribution in [3.05, 3.63) is 78.1 Å². The van der Waals surface area contributed by atoms with Crippen LogP contribution in [-0.2, 0) is 16.1 Å². The number of benzene rings is 3. The molecule has 0 spiro atoms. The highest BCUT2D eigenvalue weighted by Crippen LogP contribution is 2.38. The van der Waals surface area contributed by atoms with Gasteiger partial charge in [-0.15, -0.1) is 5.10 Å². The average Bonchev–Trinajstić information content (AvgIpc) is 3.29. The number of para-hydroxylation sites is 1. The van der Waals surface area contributed by atoms with Gasteiger partial charge in [-0.2, -0.15) is 0 Å². The van der Waals surface area contributed by atoms with Crippen molar-refractivity contribution in [2.75, 3.05) is 19.1 Å². The van der Waals surface area contributed by atoms with Gasteiger partial charge in [0.05, 0.1) is 25.4 Å². The molecule has 3 aromatic carbocycles. The highest BCUT2D eigenvalue weighted by atomic mass is 19.1. The van der Waals surface area contributed by atoms with Crippen LogP contribution in [0, 0.1) is 5.82 Å². The summed E-state index contributed by atoms with van der Waals surface area (Å²) >= 11 is 0. The molecule has 10 heteroatoms. The summed E-state index contributed by atoms with van der Waals surface area (Å²) in [5, 5.41) is 11.2. The summed E-state index contributed by atoms with van der Waals surface area (Å²) in [6, 6.07) is 16.6. The maximum Gasteiger partial charge on any atom is 0.249 e. The zero-order valence-electron chi connectivity index (χ0n) is 21.9. The summed E-state index contributed by atoms with van der Waals surface area (Å²) in [6.45, 7) is 5.16. The van der Waals surface area contributed by atoms with Crippen molar-refractivity contribution in [2.24, 2.45) is 0 Å². The summed E-state index contributed by atoms with van der Waals surface area (Å²) in [7, 11) is 2.94. The summed E-state index contributed by atoms with van der Waals surface area (Å²) in [4.78, 5) is 29.2. The van der Waals surface area contributed by atoms with Crippen molar-refractivity contribution in [2.45, 2.75) is 38.9 Å². The van der Waals surface area contributed by atoms with Crippen LogP contribution < -0.4 is 19.7 Å². The number of amides is 2. The molecule has 1 atom stereocenters. The summed E-state index contributed by atoms with van der Waals surface area (Å²) in [6.07, 6.45) is 0. The number of nitrogens with one attached hydrogen (secondary N) is 1. The van der Waals surface area contributed by atoms with E-state index in [-0.39, 0.29) is 17.8 Å². The Bertz CT molecular complexity index is 1460. The molecule has 0 saturated heterocycles. The van der Waals surface area contributed by atoms with Gasteiger partial charge in [-0.1, -0.05) is 35.5 Å². The van der Waals surface area contributed by atoms with Crippen molar-refractivity contribution >= 4 is 28.5 Å². The molecule has 0 aliphatic carbocycles. The van der Waals surface area contributed by atoms with Gasteiger partial charge in [0.2, 0.25) is 11.8 Å². The number of nitrogens with zero attached hydrogens (tertiary/aromatic N) is 4. The molecule has 0 radical (unpaired) electrons. The van der Waals surface area contributed by atoms with E-state index in [1.54, 1.807) is 36.4 Å². The lowest BCUT2D eigenvalue weighted by atomic mass is 10.00. The summed E-state index contributed by atoms with van der Waals surface area (Å²) in [5.41, 5.74) is 0.854. The van der Waals surface area contributed by atoms with Crippen LogP contribution in [0.4, 0.5) is 10.1 Å². The maximum absolute atomic E-state index is 15.3. The minimum Gasteiger partial charge on any atom is -0.497 e. The molecule has 198 valence electrons. The molecule has 0 fully saturated rings. The van der Waals surface area contributed by atoms with E-state index in [1.807, 2.05) is 32.9 Å². The van der Waals surface area contributed by atoms with Crippen LogP contribution in [-0.4, -0.2) is 46.6 Å². The summed E-state index contributed by atoms with van der Waals surface area (Å²) in [5.74, 6) is -1.01. The quantitative estimate of drug-likeness (QED) is 0.373. The van der Waals surface area contributed by atoms with Crippen LogP contribution in [0.1, 0.15) is 32.4 Å². The Morgan fingerprint density at radius 2 is 1.74 bits per heavy atom. The van der Waals surface area contributed by atoms with Crippen molar-refractivity contribution < 1.29 is 23.5 Å². The van der Waals surface area contributed by atoms with Gasteiger partial charge in [-0.3, -0.25) is 14.5 Å². The van der Waals surface area contributed by atoms with Crippen LogP contribution in [0.5, 0.6) is 11.5 Å². The smallest absolute Gasteiger partial charge is 0.249 e. The molecular weight excluding hydrogens is 489 g/mol. The van der Waals surface area contributed by atoms with Crippen LogP contribution >= 0.6 is 0 Å². The fourth-order valence-corrected chi connectivity index (χ4v) is 4.17. The SMILES string of the molecule is COc1ccc(OC)c(N(C(=O)Cn2nnc3ccccc32)[C@H](C(=O)NC(C)(C)C)c2ccccc2F)c1. The lowest BCUT2D eigenvalue weighted by molar-refractivity contribution is -0.128. The van der Waals surface area contributed by atoms with E-state index >= 15 is 4.39 Å². The van der Waals surface area contributed by atoms with E-state index in [2.05, 4.69) is 15.6 Å². The predicted molar refractivity (Wildman–Crippen MR) is 142 cm³/mol. The summed E-state index contributed by atoms with van der Waals surface area (Å²) < 4.78 is 27.7. The molecule has 1 N–H and O–H groups in total. The van der Waals surface area contributed by atoms with Crippen LogP contribution in [0.3, 0.4) is 0 Å². The van der Waals surface area contributed by atoms with Gasteiger partial charge in [0.1, 0.15) is 35.4 Å². The van der Waals surface area contributed by atoms with E-state index in [0.717, 1.165) is 0 Å². The zero-order valence-corrected chi connectivity index (χ0v) is 21.9. The fourth-order valence-electron chi connectivity index (χ4n) is 4.17. The molecule has 4 rings (SSSR count). The molecule has 1 heterocycles. The second-order valence-electron chi connectivity index (χ2n) is 9.70. The largest absolute Gasteiger partial charge is 0.497 e. The number of carbonyl (C=O) groups excluding carboxylic acids is 2. The fraction of sp³-hybridized carbons (Fsp3) is 0.286. The molecule has 0 unspecified atom stereocenters. The van der Waals surface area contributed by atoms with Crippen LogP contribution in [0.2, 0.25) is 0 Å². The molecule has 2 amide bonds. The van der Waals surface area contributed by atoms with Gasteiger partial charge in [0, 0.05) is 17.2 Å². The topological polar surface area (TPSA) is 98.6 Å².